The Kier molecular flexibility index (Phi) is 13.3. The molecule has 5 rings (SSSR count). The maximum atomic E-state index is 13.6. The highest BCUT2D eigenvalue weighted by Gasteiger charge is 2.21. The van der Waals surface area contributed by atoms with Crippen molar-refractivity contribution in [3.63, 3.8) is 0 Å². The standard InChI is InChI=1S/C41H38O10/c42-35(47-27-29-14-4-1-5-15-29)20-10-12-22-37(44)49-32-24-25-33-34(26-32)50-40(31-18-8-3-9-19-31)41(39(33)46)51-38(45)23-13-11-21-36(43)48-28-30-16-6-2-7-17-30/h1-9,14-19,24-26H,10-13,20-23,27-28H2. The Labute approximate surface area is 294 Å². The van der Waals surface area contributed by atoms with E-state index in [0.29, 0.717) is 31.2 Å². The van der Waals surface area contributed by atoms with Crippen molar-refractivity contribution in [1.29, 1.82) is 0 Å². The van der Waals surface area contributed by atoms with Crippen molar-refractivity contribution in [2.45, 2.75) is 64.6 Å². The Morgan fingerprint density at radius 1 is 0.529 bits per heavy atom. The lowest BCUT2D eigenvalue weighted by atomic mass is 10.1. The summed E-state index contributed by atoms with van der Waals surface area (Å²) in [6.45, 7) is 0.381. The van der Waals surface area contributed by atoms with Gasteiger partial charge < -0.3 is 23.4 Å². The number of unbranched alkanes of at least 4 members (excludes halogenated alkanes) is 2. The molecule has 51 heavy (non-hydrogen) atoms. The molecule has 4 aromatic carbocycles. The van der Waals surface area contributed by atoms with Crippen molar-refractivity contribution < 1.29 is 42.5 Å². The Morgan fingerprint density at radius 2 is 1.00 bits per heavy atom. The van der Waals surface area contributed by atoms with Gasteiger partial charge in [0.05, 0.1) is 5.39 Å². The molecule has 0 aliphatic rings. The summed E-state index contributed by atoms with van der Waals surface area (Å²) in [4.78, 5) is 63.2. The monoisotopic (exact) mass is 690 g/mol. The number of ether oxygens (including phenoxy) is 4. The van der Waals surface area contributed by atoms with E-state index in [0.717, 1.165) is 11.1 Å². The van der Waals surface area contributed by atoms with Crippen LogP contribution in [0.1, 0.15) is 62.5 Å². The summed E-state index contributed by atoms with van der Waals surface area (Å²) in [5, 5.41) is 0.132. The molecule has 0 saturated carbocycles. The van der Waals surface area contributed by atoms with Crippen LogP contribution in [0.5, 0.6) is 11.5 Å². The number of esters is 4. The lowest BCUT2D eigenvalue weighted by Gasteiger charge is -2.11. The lowest BCUT2D eigenvalue weighted by molar-refractivity contribution is -0.146. The second-order valence-electron chi connectivity index (χ2n) is 11.8. The number of carbonyl (C=O) groups excluding carboxylic acids is 4. The van der Waals surface area contributed by atoms with E-state index in [-0.39, 0.29) is 79.1 Å². The van der Waals surface area contributed by atoms with Crippen LogP contribution in [-0.2, 0) is 41.9 Å². The van der Waals surface area contributed by atoms with Crippen LogP contribution >= 0.6 is 0 Å². The molecule has 1 aromatic heterocycles. The maximum Gasteiger partial charge on any atom is 0.311 e. The molecule has 0 radical (unpaired) electrons. The van der Waals surface area contributed by atoms with E-state index in [4.69, 9.17) is 23.4 Å². The first kappa shape index (κ1) is 36.3. The Morgan fingerprint density at radius 3 is 1.53 bits per heavy atom. The van der Waals surface area contributed by atoms with Gasteiger partial charge in [0, 0.05) is 37.3 Å². The van der Waals surface area contributed by atoms with E-state index in [2.05, 4.69) is 0 Å². The molecule has 262 valence electrons. The normalized spacial score (nSPS) is 10.7. The summed E-state index contributed by atoms with van der Waals surface area (Å²) in [6.07, 6.45) is 2.01. The molecule has 0 N–H and O–H groups in total. The van der Waals surface area contributed by atoms with Crippen molar-refractivity contribution in [1.82, 2.24) is 0 Å². The fourth-order valence-electron chi connectivity index (χ4n) is 5.14. The number of hydrogen-bond donors (Lipinski definition) is 0. The SMILES string of the molecule is O=C(CCCCC(=O)Oc1ccc2c(=O)c(OC(=O)CCCCC(=O)OCc3ccccc3)c(-c3ccccc3)oc2c1)OCc1ccccc1. The molecule has 0 fully saturated rings. The first-order chi connectivity index (χ1) is 24.9. The van der Waals surface area contributed by atoms with Crippen LogP contribution in [0.25, 0.3) is 22.3 Å². The molecule has 0 aliphatic carbocycles. The van der Waals surface area contributed by atoms with Gasteiger partial charge in [0.1, 0.15) is 24.5 Å². The molecule has 0 aliphatic heterocycles. The quantitative estimate of drug-likeness (QED) is 0.0539. The average molecular weight is 691 g/mol. The van der Waals surface area contributed by atoms with Gasteiger partial charge in [0.15, 0.2) is 5.76 Å². The Bertz CT molecular complexity index is 1990. The molecule has 0 atom stereocenters. The van der Waals surface area contributed by atoms with Gasteiger partial charge >= 0.3 is 23.9 Å². The fourth-order valence-corrected chi connectivity index (χ4v) is 5.14. The highest BCUT2D eigenvalue weighted by molar-refractivity contribution is 5.86. The highest BCUT2D eigenvalue weighted by atomic mass is 16.6. The van der Waals surface area contributed by atoms with Crippen molar-refractivity contribution in [3.8, 4) is 22.8 Å². The lowest BCUT2D eigenvalue weighted by Crippen LogP contribution is -2.16. The van der Waals surface area contributed by atoms with Gasteiger partial charge in [-0.1, -0.05) is 91.0 Å². The molecule has 10 heteroatoms. The molecule has 1 heterocycles. The van der Waals surface area contributed by atoms with Gasteiger partial charge in [0.25, 0.3) is 0 Å². The summed E-state index contributed by atoms with van der Waals surface area (Å²) in [7, 11) is 0. The zero-order chi connectivity index (χ0) is 35.8. The third kappa shape index (κ3) is 11.3. The molecule has 0 unspecified atom stereocenters. The predicted molar refractivity (Wildman–Crippen MR) is 189 cm³/mol. The van der Waals surface area contributed by atoms with Gasteiger partial charge in [-0.2, -0.15) is 0 Å². The number of rotatable bonds is 17. The number of benzene rings is 4. The van der Waals surface area contributed by atoms with Crippen LogP contribution in [-0.4, -0.2) is 23.9 Å². The van der Waals surface area contributed by atoms with Crippen LogP contribution in [0.3, 0.4) is 0 Å². The molecule has 10 nitrogen and oxygen atoms in total. The van der Waals surface area contributed by atoms with E-state index in [9.17, 15) is 24.0 Å². The van der Waals surface area contributed by atoms with Crippen LogP contribution in [0.2, 0.25) is 0 Å². The topological polar surface area (TPSA) is 135 Å². The maximum absolute atomic E-state index is 13.6. The Hall–Kier alpha value is -6.03. The molecule has 0 bridgehead atoms. The van der Waals surface area contributed by atoms with Gasteiger partial charge in [-0.15, -0.1) is 0 Å². The molecule has 0 saturated heterocycles. The zero-order valence-corrected chi connectivity index (χ0v) is 28.0. The third-order valence-electron chi connectivity index (χ3n) is 7.81. The van der Waals surface area contributed by atoms with Crippen LogP contribution < -0.4 is 14.9 Å². The minimum Gasteiger partial charge on any atom is -0.461 e. The van der Waals surface area contributed by atoms with Crippen LogP contribution in [0, 0.1) is 0 Å². The summed E-state index contributed by atoms with van der Waals surface area (Å²) in [5.41, 5.74) is 1.86. The van der Waals surface area contributed by atoms with Gasteiger partial charge in [0.2, 0.25) is 11.2 Å². The van der Waals surface area contributed by atoms with Gasteiger partial charge in [-0.05, 0) is 48.9 Å². The largest absolute Gasteiger partial charge is 0.461 e. The minimum absolute atomic E-state index is 0.0264. The van der Waals surface area contributed by atoms with E-state index in [1.165, 1.54) is 18.2 Å². The smallest absolute Gasteiger partial charge is 0.311 e. The van der Waals surface area contributed by atoms with E-state index in [1.54, 1.807) is 30.3 Å². The first-order valence-corrected chi connectivity index (χ1v) is 16.8. The van der Waals surface area contributed by atoms with Crippen LogP contribution in [0.4, 0.5) is 0 Å². The number of hydrogen-bond acceptors (Lipinski definition) is 10. The van der Waals surface area contributed by atoms with Gasteiger partial charge in [-0.25, -0.2) is 0 Å². The van der Waals surface area contributed by atoms with Crippen LogP contribution in [0.15, 0.2) is 118 Å². The molecule has 0 amide bonds. The van der Waals surface area contributed by atoms with Crippen molar-refractivity contribution in [2.75, 3.05) is 0 Å². The van der Waals surface area contributed by atoms with Crippen molar-refractivity contribution in [3.05, 3.63) is 131 Å². The minimum atomic E-state index is -0.647. The van der Waals surface area contributed by atoms with Crippen molar-refractivity contribution >= 4 is 34.8 Å². The molecular weight excluding hydrogens is 652 g/mol. The van der Waals surface area contributed by atoms with E-state index in [1.807, 2.05) is 60.7 Å². The summed E-state index contributed by atoms with van der Waals surface area (Å²) in [6, 6.07) is 31.8. The van der Waals surface area contributed by atoms with Crippen molar-refractivity contribution in [2.24, 2.45) is 0 Å². The average Bonchev–Trinajstić information content (AvgIpc) is 3.15. The fraction of sp³-hybridized carbons (Fsp3) is 0.244. The van der Waals surface area contributed by atoms with E-state index >= 15 is 0 Å². The van der Waals surface area contributed by atoms with E-state index < -0.39 is 17.4 Å². The molecule has 0 spiro atoms. The molecule has 5 aromatic rings. The van der Waals surface area contributed by atoms with Gasteiger partial charge in [-0.3, -0.25) is 24.0 Å². The Balaban J connectivity index is 1.14. The molecular formula is C41H38O10. The third-order valence-corrected chi connectivity index (χ3v) is 7.81. The second kappa shape index (κ2) is 18.7. The first-order valence-electron chi connectivity index (χ1n) is 16.8. The second-order valence-corrected chi connectivity index (χ2v) is 11.8. The zero-order valence-electron chi connectivity index (χ0n) is 28.0. The number of fused-ring (bicyclic) bond motifs is 1. The highest BCUT2D eigenvalue weighted by Crippen LogP contribution is 2.32. The number of carbonyl (C=O) groups is 4. The predicted octanol–water partition coefficient (Wildman–Crippen LogP) is 7.88. The summed E-state index contributed by atoms with van der Waals surface area (Å²) >= 11 is 0. The summed E-state index contributed by atoms with van der Waals surface area (Å²) < 4.78 is 27.7. The summed E-state index contributed by atoms with van der Waals surface area (Å²) in [5.74, 6) is -1.90.